The van der Waals surface area contributed by atoms with Crippen LogP contribution in [0.4, 0.5) is 0 Å². The number of hydrogen-bond acceptors (Lipinski definition) is 1. The Morgan fingerprint density at radius 1 is 1.46 bits per heavy atom. The van der Waals surface area contributed by atoms with Crippen molar-refractivity contribution in [2.45, 2.75) is 13.3 Å². The first kappa shape index (κ1) is 10.2. The Hall–Kier alpha value is -0.890. The molecule has 68 valence electrons. The van der Waals surface area contributed by atoms with Crippen LogP contribution in [0.3, 0.4) is 0 Å². The molecule has 1 rings (SSSR count). The minimum Gasteiger partial charge on any atom is -0.294 e. The topological polar surface area (TPSA) is 17.1 Å². The maximum Gasteiger partial charge on any atom is 0.162 e. The first-order chi connectivity index (χ1) is 6.11. The van der Waals surface area contributed by atoms with Crippen LogP contribution in [0, 0.1) is 0 Å². The van der Waals surface area contributed by atoms with Crippen LogP contribution in [-0.2, 0) is 11.2 Å². The number of benzene rings is 1. The molecule has 0 unspecified atom stereocenters. The van der Waals surface area contributed by atoms with Gasteiger partial charge in [-0.1, -0.05) is 40.7 Å². The minimum atomic E-state index is 0.0897. The van der Waals surface area contributed by atoms with Gasteiger partial charge in [0.25, 0.3) is 0 Å². The van der Waals surface area contributed by atoms with Gasteiger partial charge in [0.1, 0.15) is 0 Å². The average molecular weight is 239 g/mol. The van der Waals surface area contributed by atoms with Gasteiger partial charge in [-0.15, -0.1) is 0 Å². The lowest BCUT2D eigenvalue weighted by molar-refractivity contribution is -0.114. The lowest BCUT2D eigenvalue weighted by Gasteiger charge is -2.02. The summed E-state index contributed by atoms with van der Waals surface area (Å²) in [5, 5.41) is 0. The molecule has 1 aromatic carbocycles. The molecule has 1 aromatic rings. The van der Waals surface area contributed by atoms with Crippen molar-refractivity contribution < 1.29 is 4.79 Å². The number of carbonyl (C=O) groups excluding carboxylic acids is 1. The first-order valence-electron chi connectivity index (χ1n) is 4.03. The third-order valence-electron chi connectivity index (χ3n) is 1.78. The van der Waals surface area contributed by atoms with Crippen LogP contribution in [0.2, 0.25) is 0 Å². The van der Waals surface area contributed by atoms with Gasteiger partial charge in [-0.3, -0.25) is 4.79 Å². The Morgan fingerprint density at radius 3 is 2.62 bits per heavy atom. The third-order valence-corrected chi connectivity index (χ3v) is 2.56. The fourth-order valence-corrected chi connectivity index (χ4v) is 1.39. The molecular weight excluding hydrogens is 228 g/mol. The van der Waals surface area contributed by atoms with Crippen molar-refractivity contribution >= 4 is 21.7 Å². The molecular formula is C11H11BrO. The summed E-state index contributed by atoms with van der Waals surface area (Å²) in [6.07, 6.45) is 0.427. The van der Waals surface area contributed by atoms with Gasteiger partial charge < -0.3 is 0 Å². The summed E-state index contributed by atoms with van der Waals surface area (Å²) < 4.78 is 0.976. The molecule has 0 saturated heterocycles. The van der Waals surface area contributed by atoms with Gasteiger partial charge in [-0.25, -0.2) is 0 Å². The van der Waals surface area contributed by atoms with Crippen LogP contribution in [0.5, 0.6) is 0 Å². The zero-order chi connectivity index (χ0) is 9.84. The molecule has 0 bridgehead atoms. The number of Topliss-reactive ketones (excluding diaryl/α,β-unsaturated/α-hetero) is 1. The van der Waals surface area contributed by atoms with Crippen LogP contribution in [0.15, 0.2) is 40.9 Å². The smallest absolute Gasteiger partial charge is 0.162 e. The Labute approximate surface area is 86.6 Å². The standard InChI is InChI=1S/C11H11BrO/c1-8(2)11(13)7-9-5-3-4-6-10(9)12/h3-6H,1,7H2,2H3. The Balaban J connectivity index is 2.81. The van der Waals surface area contributed by atoms with Crippen LogP contribution in [0.1, 0.15) is 12.5 Å². The van der Waals surface area contributed by atoms with Crippen LogP contribution >= 0.6 is 15.9 Å². The van der Waals surface area contributed by atoms with Crippen LogP contribution in [0.25, 0.3) is 0 Å². The second-order valence-electron chi connectivity index (χ2n) is 2.97. The normalized spacial score (nSPS) is 9.69. The maximum absolute atomic E-state index is 11.3. The third kappa shape index (κ3) is 2.81. The first-order valence-corrected chi connectivity index (χ1v) is 4.82. The molecule has 0 N–H and O–H groups in total. The van der Waals surface area contributed by atoms with Crippen molar-refractivity contribution in [2.24, 2.45) is 0 Å². The summed E-state index contributed by atoms with van der Waals surface area (Å²) >= 11 is 3.39. The van der Waals surface area contributed by atoms with Crippen molar-refractivity contribution in [3.8, 4) is 0 Å². The minimum absolute atomic E-state index is 0.0897. The molecule has 0 aliphatic rings. The molecule has 0 heterocycles. The summed E-state index contributed by atoms with van der Waals surface area (Å²) in [5.41, 5.74) is 1.62. The van der Waals surface area contributed by atoms with E-state index in [0.29, 0.717) is 12.0 Å². The van der Waals surface area contributed by atoms with Crippen LogP contribution in [-0.4, -0.2) is 5.78 Å². The molecule has 0 atom stereocenters. The molecule has 0 aromatic heterocycles. The zero-order valence-corrected chi connectivity index (χ0v) is 9.10. The molecule has 1 nitrogen and oxygen atoms in total. The average Bonchev–Trinajstić information content (AvgIpc) is 2.08. The molecule has 0 radical (unpaired) electrons. The van der Waals surface area contributed by atoms with Gasteiger partial charge >= 0.3 is 0 Å². The van der Waals surface area contributed by atoms with Crippen molar-refractivity contribution in [1.29, 1.82) is 0 Å². The summed E-state index contributed by atoms with van der Waals surface area (Å²) in [6.45, 7) is 5.35. The Kier molecular flexibility index (Phi) is 3.43. The number of allylic oxidation sites excluding steroid dienone is 1. The van der Waals surface area contributed by atoms with Gasteiger partial charge in [-0.05, 0) is 24.1 Å². The fraction of sp³-hybridized carbons (Fsp3) is 0.182. The van der Waals surface area contributed by atoms with E-state index in [-0.39, 0.29) is 5.78 Å². The second kappa shape index (κ2) is 4.38. The second-order valence-corrected chi connectivity index (χ2v) is 3.83. The van der Waals surface area contributed by atoms with E-state index in [4.69, 9.17) is 0 Å². The molecule has 2 heteroatoms. The molecule has 0 aliphatic heterocycles. The lowest BCUT2D eigenvalue weighted by atomic mass is 10.1. The summed E-state index contributed by atoms with van der Waals surface area (Å²) in [5.74, 6) is 0.0897. The zero-order valence-electron chi connectivity index (χ0n) is 7.51. The molecule has 0 aliphatic carbocycles. The number of halogens is 1. The maximum atomic E-state index is 11.3. The van der Waals surface area contributed by atoms with Gasteiger partial charge in [-0.2, -0.15) is 0 Å². The largest absolute Gasteiger partial charge is 0.294 e. The fourth-order valence-electron chi connectivity index (χ4n) is 0.966. The van der Waals surface area contributed by atoms with E-state index in [0.717, 1.165) is 10.0 Å². The molecule has 0 fully saturated rings. The highest BCUT2D eigenvalue weighted by Crippen LogP contribution is 2.17. The van der Waals surface area contributed by atoms with E-state index in [9.17, 15) is 4.79 Å². The van der Waals surface area contributed by atoms with Crippen molar-refractivity contribution in [2.75, 3.05) is 0 Å². The van der Waals surface area contributed by atoms with Crippen molar-refractivity contribution in [1.82, 2.24) is 0 Å². The summed E-state index contributed by atoms with van der Waals surface area (Å²) in [4.78, 5) is 11.3. The monoisotopic (exact) mass is 238 g/mol. The highest BCUT2D eigenvalue weighted by atomic mass is 79.9. The van der Waals surface area contributed by atoms with Crippen LogP contribution < -0.4 is 0 Å². The van der Waals surface area contributed by atoms with Gasteiger partial charge in [0.15, 0.2) is 5.78 Å². The van der Waals surface area contributed by atoms with Crippen molar-refractivity contribution in [3.05, 3.63) is 46.5 Å². The quantitative estimate of drug-likeness (QED) is 0.740. The van der Waals surface area contributed by atoms with E-state index >= 15 is 0 Å². The van der Waals surface area contributed by atoms with E-state index < -0.39 is 0 Å². The van der Waals surface area contributed by atoms with Gasteiger partial charge in [0, 0.05) is 10.9 Å². The Bertz CT molecular complexity index is 342. The molecule has 13 heavy (non-hydrogen) atoms. The number of rotatable bonds is 3. The van der Waals surface area contributed by atoms with Gasteiger partial charge in [0.2, 0.25) is 0 Å². The predicted molar refractivity (Wildman–Crippen MR) is 57.7 cm³/mol. The highest BCUT2D eigenvalue weighted by molar-refractivity contribution is 9.10. The SMILES string of the molecule is C=C(C)C(=O)Cc1ccccc1Br. The number of carbonyl (C=O) groups is 1. The summed E-state index contributed by atoms with van der Waals surface area (Å²) in [7, 11) is 0. The number of hydrogen-bond donors (Lipinski definition) is 0. The highest BCUT2D eigenvalue weighted by Gasteiger charge is 2.05. The predicted octanol–water partition coefficient (Wildman–Crippen LogP) is 3.14. The van der Waals surface area contributed by atoms with E-state index in [1.165, 1.54) is 0 Å². The van der Waals surface area contributed by atoms with E-state index in [2.05, 4.69) is 22.5 Å². The van der Waals surface area contributed by atoms with Crippen molar-refractivity contribution in [3.63, 3.8) is 0 Å². The van der Waals surface area contributed by atoms with Gasteiger partial charge in [0.05, 0.1) is 0 Å². The van der Waals surface area contributed by atoms with E-state index in [1.807, 2.05) is 24.3 Å². The summed E-state index contributed by atoms with van der Waals surface area (Å²) in [6, 6.07) is 7.72. The van der Waals surface area contributed by atoms with E-state index in [1.54, 1.807) is 6.92 Å². The molecule has 0 saturated carbocycles. The Morgan fingerprint density at radius 2 is 2.08 bits per heavy atom. The molecule has 0 amide bonds. The number of ketones is 1. The molecule has 0 spiro atoms. The lowest BCUT2D eigenvalue weighted by Crippen LogP contribution is -2.03.